The fraction of sp³-hybridized carbons (Fsp3) is 0.208. The number of carbonyl (C=O) groups is 1. The summed E-state index contributed by atoms with van der Waals surface area (Å²) in [6.45, 7) is 3.98. The average molecular weight is 455 g/mol. The van der Waals surface area contributed by atoms with E-state index in [0.29, 0.717) is 29.3 Å². The first-order valence-corrected chi connectivity index (χ1v) is 11.5. The largest absolute Gasteiger partial charge is 0.497 e. The number of rotatable bonds is 9. The number of hydrogen-bond acceptors (Lipinski definition) is 5. The molecule has 1 amide bonds. The molecule has 0 fully saturated rings. The lowest BCUT2D eigenvalue weighted by Crippen LogP contribution is -2.28. The number of carbonyl (C=O) groups excluding carboxylic acids is 1. The zero-order chi connectivity index (χ0) is 23.1. The second-order valence-electron chi connectivity index (χ2n) is 7.31. The summed E-state index contributed by atoms with van der Waals surface area (Å²) >= 11 is 0. The standard InChI is InChI=1S/C24H26N2O5S/c1-17-4-6-19(7-5-17)15-25-24(27)16-31-23-13-12-22(14-18(23)2)32(28,29)26-20-8-10-21(30-3)11-9-20/h4-14,26H,15-16H2,1-3H3,(H,25,27). The van der Waals surface area contributed by atoms with Crippen LogP contribution in [-0.2, 0) is 21.4 Å². The minimum Gasteiger partial charge on any atom is -0.497 e. The van der Waals surface area contributed by atoms with Gasteiger partial charge in [-0.3, -0.25) is 9.52 Å². The van der Waals surface area contributed by atoms with Gasteiger partial charge in [0, 0.05) is 12.2 Å². The lowest BCUT2D eigenvalue weighted by molar-refractivity contribution is -0.123. The number of amides is 1. The van der Waals surface area contributed by atoms with Crippen molar-refractivity contribution >= 4 is 21.6 Å². The highest BCUT2D eigenvalue weighted by Crippen LogP contribution is 2.24. The predicted octanol–water partition coefficient (Wildman–Crippen LogP) is 3.81. The quantitative estimate of drug-likeness (QED) is 0.513. The predicted molar refractivity (Wildman–Crippen MR) is 124 cm³/mol. The number of benzene rings is 3. The van der Waals surface area contributed by atoms with Crippen molar-refractivity contribution in [1.82, 2.24) is 5.32 Å². The highest BCUT2D eigenvalue weighted by atomic mass is 32.2. The Morgan fingerprint density at radius 2 is 1.62 bits per heavy atom. The Bertz CT molecular complexity index is 1170. The van der Waals surface area contributed by atoms with E-state index in [1.807, 2.05) is 31.2 Å². The normalized spacial score (nSPS) is 11.0. The molecule has 3 aromatic rings. The van der Waals surface area contributed by atoms with Crippen LogP contribution in [0.4, 0.5) is 5.69 Å². The van der Waals surface area contributed by atoms with Crippen molar-refractivity contribution in [3.63, 3.8) is 0 Å². The molecule has 0 aliphatic rings. The van der Waals surface area contributed by atoms with E-state index in [9.17, 15) is 13.2 Å². The molecule has 0 spiro atoms. The number of ether oxygens (including phenoxy) is 2. The molecule has 0 unspecified atom stereocenters. The Morgan fingerprint density at radius 1 is 0.938 bits per heavy atom. The summed E-state index contributed by atoms with van der Waals surface area (Å²) in [5, 5.41) is 2.80. The van der Waals surface area contributed by atoms with Crippen LogP contribution in [0.15, 0.2) is 71.6 Å². The number of hydrogen-bond donors (Lipinski definition) is 2. The van der Waals surface area contributed by atoms with Gasteiger partial charge in [0.2, 0.25) is 0 Å². The third-order valence-corrected chi connectivity index (χ3v) is 6.15. The van der Waals surface area contributed by atoms with Crippen molar-refractivity contribution in [3.8, 4) is 11.5 Å². The molecule has 0 aliphatic carbocycles. The first-order valence-electron chi connectivity index (χ1n) is 9.99. The van der Waals surface area contributed by atoms with Gasteiger partial charge in [0.15, 0.2) is 6.61 Å². The monoisotopic (exact) mass is 454 g/mol. The number of aryl methyl sites for hydroxylation is 2. The van der Waals surface area contributed by atoms with E-state index < -0.39 is 10.0 Å². The molecule has 0 radical (unpaired) electrons. The van der Waals surface area contributed by atoms with Crippen LogP contribution < -0.4 is 19.5 Å². The third-order valence-electron chi connectivity index (χ3n) is 4.77. The lowest BCUT2D eigenvalue weighted by atomic mass is 10.1. The Labute approximate surface area is 188 Å². The molecule has 168 valence electrons. The van der Waals surface area contributed by atoms with Gasteiger partial charge in [0.1, 0.15) is 11.5 Å². The maximum atomic E-state index is 12.7. The van der Waals surface area contributed by atoms with Crippen LogP contribution in [-0.4, -0.2) is 28.0 Å². The van der Waals surface area contributed by atoms with Gasteiger partial charge in [-0.25, -0.2) is 8.42 Å². The molecule has 2 N–H and O–H groups in total. The molecule has 0 aromatic heterocycles. The Balaban J connectivity index is 1.57. The van der Waals surface area contributed by atoms with Crippen molar-refractivity contribution in [2.24, 2.45) is 0 Å². The van der Waals surface area contributed by atoms with Crippen LogP contribution in [0.2, 0.25) is 0 Å². The third kappa shape index (κ3) is 6.24. The van der Waals surface area contributed by atoms with E-state index in [0.717, 1.165) is 11.1 Å². The SMILES string of the molecule is COc1ccc(NS(=O)(=O)c2ccc(OCC(=O)NCc3ccc(C)cc3)c(C)c2)cc1. The van der Waals surface area contributed by atoms with Crippen LogP contribution in [0.3, 0.4) is 0 Å². The minimum absolute atomic E-state index is 0.0991. The molecule has 0 aliphatic heterocycles. The molecule has 0 atom stereocenters. The molecule has 0 saturated heterocycles. The highest BCUT2D eigenvalue weighted by molar-refractivity contribution is 7.92. The fourth-order valence-corrected chi connectivity index (χ4v) is 4.07. The number of sulfonamides is 1. The van der Waals surface area contributed by atoms with Gasteiger partial charge in [0.25, 0.3) is 15.9 Å². The van der Waals surface area contributed by atoms with E-state index in [-0.39, 0.29) is 17.4 Å². The Kier molecular flexibility index (Phi) is 7.37. The second kappa shape index (κ2) is 10.2. The van der Waals surface area contributed by atoms with E-state index in [1.54, 1.807) is 44.4 Å². The van der Waals surface area contributed by atoms with Gasteiger partial charge in [-0.05, 0) is 67.4 Å². The van der Waals surface area contributed by atoms with Crippen molar-refractivity contribution in [3.05, 3.63) is 83.4 Å². The van der Waals surface area contributed by atoms with E-state index >= 15 is 0 Å². The summed E-state index contributed by atoms with van der Waals surface area (Å²) in [7, 11) is -2.23. The zero-order valence-electron chi connectivity index (χ0n) is 18.2. The number of nitrogens with one attached hydrogen (secondary N) is 2. The van der Waals surface area contributed by atoms with Crippen LogP contribution in [0, 0.1) is 13.8 Å². The molecule has 8 heteroatoms. The molecule has 7 nitrogen and oxygen atoms in total. The van der Waals surface area contributed by atoms with Gasteiger partial charge >= 0.3 is 0 Å². The second-order valence-corrected chi connectivity index (χ2v) is 8.99. The maximum absolute atomic E-state index is 12.7. The summed E-state index contributed by atoms with van der Waals surface area (Å²) in [5.74, 6) is 0.815. The summed E-state index contributed by atoms with van der Waals surface area (Å²) in [4.78, 5) is 12.2. The fourth-order valence-electron chi connectivity index (χ4n) is 2.93. The molecule has 0 bridgehead atoms. The van der Waals surface area contributed by atoms with Gasteiger partial charge in [-0.1, -0.05) is 29.8 Å². The van der Waals surface area contributed by atoms with Crippen LogP contribution in [0.5, 0.6) is 11.5 Å². The van der Waals surface area contributed by atoms with Gasteiger partial charge < -0.3 is 14.8 Å². The number of methoxy groups -OCH3 is 1. The van der Waals surface area contributed by atoms with E-state index in [2.05, 4.69) is 10.0 Å². The molecule has 0 saturated carbocycles. The van der Waals surface area contributed by atoms with Gasteiger partial charge in [-0.2, -0.15) is 0 Å². The molecule has 3 rings (SSSR count). The van der Waals surface area contributed by atoms with Crippen molar-refractivity contribution in [2.45, 2.75) is 25.3 Å². The van der Waals surface area contributed by atoms with Crippen LogP contribution >= 0.6 is 0 Å². The van der Waals surface area contributed by atoms with E-state index in [1.165, 1.54) is 12.1 Å². The minimum atomic E-state index is -3.77. The van der Waals surface area contributed by atoms with E-state index in [4.69, 9.17) is 9.47 Å². The average Bonchev–Trinajstić information content (AvgIpc) is 2.78. The van der Waals surface area contributed by atoms with Gasteiger partial charge in [0.05, 0.1) is 12.0 Å². The van der Waals surface area contributed by atoms with Crippen LogP contribution in [0.25, 0.3) is 0 Å². The number of anilines is 1. The molecular formula is C24H26N2O5S. The smallest absolute Gasteiger partial charge is 0.261 e. The lowest BCUT2D eigenvalue weighted by Gasteiger charge is -2.13. The van der Waals surface area contributed by atoms with Crippen molar-refractivity contribution in [2.75, 3.05) is 18.4 Å². The van der Waals surface area contributed by atoms with Gasteiger partial charge in [-0.15, -0.1) is 0 Å². The maximum Gasteiger partial charge on any atom is 0.261 e. The van der Waals surface area contributed by atoms with Crippen LogP contribution in [0.1, 0.15) is 16.7 Å². The highest BCUT2D eigenvalue weighted by Gasteiger charge is 2.16. The first-order chi connectivity index (χ1) is 15.3. The summed E-state index contributed by atoms with van der Waals surface area (Å²) < 4.78 is 38.5. The first kappa shape index (κ1) is 23.1. The molecular weight excluding hydrogens is 428 g/mol. The Morgan fingerprint density at radius 3 is 2.25 bits per heavy atom. The Hall–Kier alpha value is -3.52. The molecule has 3 aromatic carbocycles. The summed E-state index contributed by atoms with van der Waals surface area (Å²) in [6, 6.07) is 19.0. The summed E-state index contributed by atoms with van der Waals surface area (Å²) in [5.41, 5.74) is 3.19. The topological polar surface area (TPSA) is 93.7 Å². The molecule has 0 heterocycles. The zero-order valence-corrected chi connectivity index (χ0v) is 19.0. The van der Waals surface area contributed by atoms with Crippen molar-refractivity contribution in [1.29, 1.82) is 0 Å². The van der Waals surface area contributed by atoms with Crippen molar-refractivity contribution < 1.29 is 22.7 Å². The molecule has 32 heavy (non-hydrogen) atoms. The summed E-state index contributed by atoms with van der Waals surface area (Å²) in [6.07, 6.45) is 0.